The first-order valence-electron chi connectivity index (χ1n) is 4.85. The van der Waals surface area contributed by atoms with Crippen LogP contribution >= 0.6 is 0 Å². The first kappa shape index (κ1) is 10.3. The molecule has 0 saturated heterocycles. The number of carbonyl (C=O) groups excluding carboxylic acids is 1. The fourth-order valence-electron chi connectivity index (χ4n) is 1.42. The van der Waals surface area contributed by atoms with Crippen molar-refractivity contribution < 1.29 is 9.53 Å². The van der Waals surface area contributed by atoms with Gasteiger partial charge in [-0.2, -0.15) is 0 Å². The lowest BCUT2D eigenvalue weighted by molar-refractivity contribution is 0.161. The van der Waals surface area contributed by atoms with Crippen LogP contribution in [0, 0.1) is 0 Å². The third-order valence-corrected chi connectivity index (χ3v) is 2.08. The number of amides is 1. The van der Waals surface area contributed by atoms with Crippen LogP contribution in [-0.4, -0.2) is 28.6 Å². The molecule has 0 aromatic carbocycles. The predicted octanol–water partition coefficient (Wildman–Crippen LogP) is 0.841. The smallest absolute Gasteiger partial charge is 0.404 e. The zero-order valence-corrected chi connectivity index (χ0v) is 8.59. The van der Waals surface area contributed by atoms with Gasteiger partial charge in [-0.1, -0.05) is 6.07 Å². The van der Waals surface area contributed by atoms with E-state index >= 15 is 0 Å². The van der Waals surface area contributed by atoms with Crippen LogP contribution in [0.1, 0.15) is 0 Å². The second kappa shape index (κ2) is 4.52. The maximum absolute atomic E-state index is 10.3. The molecular formula is C10H12N4O2. The number of ether oxygens (including phenoxy) is 1. The van der Waals surface area contributed by atoms with Crippen LogP contribution in [0.4, 0.5) is 10.6 Å². The van der Waals surface area contributed by atoms with Crippen LogP contribution < -0.4 is 11.1 Å². The van der Waals surface area contributed by atoms with Crippen molar-refractivity contribution in [1.82, 2.24) is 9.38 Å². The molecular weight excluding hydrogens is 208 g/mol. The fourth-order valence-corrected chi connectivity index (χ4v) is 1.42. The van der Waals surface area contributed by atoms with Crippen LogP contribution in [0.15, 0.2) is 30.6 Å². The van der Waals surface area contributed by atoms with Crippen molar-refractivity contribution >= 4 is 17.6 Å². The van der Waals surface area contributed by atoms with Gasteiger partial charge < -0.3 is 15.8 Å². The van der Waals surface area contributed by atoms with E-state index in [1.54, 1.807) is 6.20 Å². The highest BCUT2D eigenvalue weighted by atomic mass is 16.5. The second-order valence-corrected chi connectivity index (χ2v) is 3.16. The monoisotopic (exact) mass is 220 g/mol. The SMILES string of the molecule is NC(=O)OCCNc1cccc2nccn12. The Bertz CT molecular complexity index is 494. The Hall–Kier alpha value is -2.24. The Morgan fingerprint density at radius 3 is 3.25 bits per heavy atom. The number of nitrogens with zero attached hydrogens (tertiary/aromatic N) is 2. The summed E-state index contributed by atoms with van der Waals surface area (Å²) in [6.07, 6.45) is 2.81. The summed E-state index contributed by atoms with van der Waals surface area (Å²) < 4.78 is 6.52. The van der Waals surface area contributed by atoms with Crippen molar-refractivity contribution in [3.63, 3.8) is 0 Å². The van der Waals surface area contributed by atoms with Crippen molar-refractivity contribution in [1.29, 1.82) is 0 Å². The second-order valence-electron chi connectivity index (χ2n) is 3.16. The minimum Gasteiger partial charge on any atom is -0.448 e. The van der Waals surface area contributed by atoms with Gasteiger partial charge >= 0.3 is 6.09 Å². The Morgan fingerprint density at radius 1 is 1.56 bits per heavy atom. The van der Waals surface area contributed by atoms with Crippen molar-refractivity contribution in [3.8, 4) is 0 Å². The molecule has 2 rings (SSSR count). The Morgan fingerprint density at radius 2 is 2.44 bits per heavy atom. The van der Waals surface area contributed by atoms with Crippen LogP contribution in [0.3, 0.4) is 0 Å². The summed E-state index contributed by atoms with van der Waals surface area (Å²) in [6, 6.07) is 5.73. The van der Waals surface area contributed by atoms with Crippen molar-refractivity contribution in [2.24, 2.45) is 5.73 Å². The van der Waals surface area contributed by atoms with Gasteiger partial charge in [0, 0.05) is 12.4 Å². The first-order chi connectivity index (χ1) is 7.77. The summed E-state index contributed by atoms with van der Waals surface area (Å²) >= 11 is 0. The highest BCUT2D eigenvalue weighted by Crippen LogP contribution is 2.10. The number of carbonyl (C=O) groups is 1. The van der Waals surface area contributed by atoms with E-state index in [1.165, 1.54) is 0 Å². The summed E-state index contributed by atoms with van der Waals surface area (Å²) in [6.45, 7) is 0.737. The van der Waals surface area contributed by atoms with E-state index in [-0.39, 0.29) is 6.61 Å². The molecule has 0 atom stereocenters. The van der Waals surface area contributed by atoms with E-state index in [4.69, 9.17) is 5.73 Å². The molecule has 16 heavy (non-hydrogen) atoms. The largest absolute Gasteiger partial charge is 0.448 e. The van der Waals surface area contributed by atoms with Gasteiger partial charge in [0.15, 0.2) is 0 Å². The molecule has 6 heteroatoms. The van der Waals surface area contributed by atoms with E-state index in [9.17, 15) is 4.79 Å². The van der Waals surface area contributed by atoms with Crippen molar-refractivity contribution in [2.45, 2.75) is 0 Å². The molecule has 2 heterocycles. The van der Waals surface area contributed by atoms with Gasteiger partial charge in [0.05, 0.1) is 6.54 Å². The number of nitrogens with one attached hydrogen (secondary N) is 1. The molecule has 2 aromatic heterocycles. The topological polar surface area (TPSA) is 81.7 Å². The molecule has 3 N–H and O–H groups in total. The lowest BCUT2D eigenvalue weighted by Gasteiger charge is -2.08. The Kier molecular flexibility index (Phi) is 2.90. The number of imidazole rings is 1. The molecule has 0 unspecified atom stereocenters. The number of primary amides is 1. The quantitative estimate of drug-likeness (QED) is 0.748. The van der Waals surface area contributed by atoms with Crippen LogP contribution in [0.25, 0.3) is 5.65 Å². The zero-order chi connectivity index (χ0) is 11.4. The number of nitrogens with two attached hydrogens (primary N) is 1. The number of pyridine rings is 1. The number of rotatable bonds is 4. The first-order valence-corrected chi connectivity index (χ1v) is 4.85. The van der Waals surface area contributed by atoms with E-state index < -0.39 is 6.09 Å². The molecule has 84 valence electrons. The van der Waals surface area contributed by atoms with E-state index in [1.807, 2.05) is 28.8 Å². The maximum Gasteiger partial charge on any atom is 0.404 e. The average Bonchev–Trinajstić information content (AvgIpc) is 2.72. The number of fused-ring (bicyclic) bond motifs is 1. The highest BCUT2D eigenvalue weighted by molar-refractivity contribution is 5.64. The summed E-state index contributed by atoms with van der Waals surface area (Å²) in [5.41, 5.74) is 5.70. The lowest BCUT2D eigenvalue weighted by Crippen LogP contribution is -2.18. The molecule has 0 aliphatic carbocycles. The third kappa shape index (κ3) is 2.22. The Labute approximate surface area is 92.0 Å². The van der Waals surface area contributed by atoms with Gasteiger partial charge in [-0.25, -0.2) is 9.78 Å². The van der Waals surface area contributed by atoms with E-state index in [0.29, 0.717) is 6.54 Å². The van der Waals surface area contributed by atoms with Crippen LogP contribution in [0.5, 0.6) is 0 Å². The van der Waals surface area contributed by atoms with Crippen LogP contribution in [0.2, 0.25) is 0 Å². The van der Waals surface area contributed by atoms with Gasteiger partial charge in [-0.15, -0.1) is 0 Å². The summed E-state index contributed by atoms with van der Waals surface area (Å²) in [5.74, 6) is 0.892. The molecule has 0 radical (unpaired) electrons. The van der Waals surface area contributed by atoms with Gasteiger partial charge in [0.1, 0.15) is 18.1 Å². The normalized spacial score (nSPS) is 10.2. The molecule has 0 aliphatic heterocycles. The minimum absolute atomic E-state index is 0.237. The van der Waals surface area contributed by atoms with Gasteiger partial charge in [-0.3, -0.25) is 4.40 Å². The van der Waals surface area contributed by atoms with E-state index in [0.717, 1.165) is 11.5 Å². The third-order valence-electron chi connectivity index (χ3n) is 2.08. The minimum atomic E-state index is -0.761. The fraction of sp³-hybridized carbons (Fsp3) is 0.200. The summed E-state index contributed by atoms with van der Waals surface area (Å²) in [7, 11) is 0. The standard InChI is InChI=1S/C10H12N4O2/c11-10(15)16-7-5-13-9-3-1-2-8-12-4-6-14(8)9/h1-4,6,13H,5,7H2,(H2,11,15). The average molecular weight is 220 g/mol. The molecule has 0 fully saturated rings. The number of aromatic nitrogens is 2. The Balaban J connectivity index is 1.98. The molecule has 0 aliphatic rings. The van der Waals surface area contributed by atoms with Crippen molar-refractivity contribution in [3.05, 3.63) is 30.6 Å². The van der Waals surface area contributed by atoms with Gasteiger partial charge in [0.2, 0.25) is 0 Å². The number of hydrogen-bond acceptors (Lipinski definition) is 4. The summed E-state index contributed by atoms with van der Waals surface area (Å²) in [5, 5.41) is 3.12. The van der Waals surface area contributed by atoms with Gasteiger partial charge in [-0.05, 0) is 12.1 Å². The molecule has 6 nitrogen and oxygen atoms in total. The maximum atomic E-state index is 10.3. The zero-order valence-electron chi connectivity index (χ0n) is 8.59. The molecule has 0 spiro atoms. The molecule has 0 saturated carbocycles. The number of anilines is 1. The van der Waals surface area contributed by atoms with Gasteiger partial charge in [0.25, 0.3) is 0 Å². The lowest BCUT2D eigenvalue weighted by atomic mass is 10.4. The number of hydrogen-bond donors (Lipinski definition) is 2. The van der Waals surface area contributed by atoms with Crippen molar-refractivity contribution in [2.75, 3.05) is 18.5 Å². The summed E-state index contributed by atoms with van der Waals surface area (Å²) in [4.78, 5) is 14.5. The predicted molar refractivity (Wildman–Crippen MR) is 59.2 cm³/mol. The molecule has 2 aromatic rings. The molecule has 1 amide bonds. The highest BCUT2D eigenvalue weighted by Gasteiger charge is 1.99. The molecule has 0 bridgehead atoms. The van der Waals surface area contributed by atoms with E-state index in [2.05, 4.69) is 15.0 Å². The van der Waals surface area contributed by atoms with Crippen LogP contribution in [-0.2, 0) is 4.74 Å².